The quantitative estimate of drug-likeness (QED) is 0.107. The predicted molar refractivity (Wildman–Crippen MR) is 147 cm³/mol. The van der Waals surface area contributed by atoms with E-state index in [1.54, 1.807) is 0 Å². The molecule has 1 nitrogen and oxygen atoms in total. The topological polar surface area (TPSA) is 9.23 Å². The summed E-state index contributed by atoms with van der Waals surface area (Å²) in [6, 6.07) is 0. The third-order valence-electron chi connectivity index (χ3n) is 7.11. The van der Waals surface area contributed by atoms with Gasteiger partial charge in [0, 0.05) is 6.61 Å². The van der Waals surface area contributed by atoms with E-state index >= 15 is 0 Å². The second-order valence-electron chi connectivity index (χ2n) is 10.5. The van der Waals surface area contributed by atoms with Crippen LogP contribution in [0.2, 0.25) is 0 Å². The number of rotatable bonds is 28. The Morgan fingerprint density at radius 1 is 0.344 bits per heavy atom. The molecule has 0 spiro atoms. The Kier molecular flexibility index (Phi) is 29.0. The molecule has 1 heteroatoms. The molecule has 194 valence electrons. The molecule has 0 saturated carbocycles. The highest BCUT2D eigenvalue weighted by Crippen LogP contribution is 2.17. The van der Waals surface area contributed by atoms with Crippen LogP contribution in [0.5, 0.6) is 0 Å². The highest BCUT2D eigenvalue weighted by molar-refractivity contribution is 4.60. The van der Waals surface area contributed by atoms with Gasteiger partial charge in [-0.1, -0.05) is 168 Å². The Balaban J connectivity index is 3.38. The van der Waals surface area contributed by atoms with E-state index in [2.05, 4.69) is 20.8 Å². The molecule has 32 heavy (non-hydrogen) atoms. The second kappa shape index (κ2) is 29.0. The average molecular weight is 453 g/mol. The molecule has 0 fully saturated rings. The zero-order valence-corrected chi connectivity index (χ0v) is 23.1. The summed E-state index contributed by atoms with van der Waals surface area (Å²) in [7, 11) is 0. The highest BCUT2D eigenvalue weighted by atomic mass is 16.5. The summed E-state index contributed by atoms with van der Waals surface area (Å²) >= 11 is 0. The van der Waals surface area contributed by atoms with Crippen LogP contribution in [0, 0.1) is 0 Å². The first-order valence-corrected chi connectivity index (χ1v) is 15.5. The fourth-order valence-electron chi connectivity index (χ4n) is 4.80. The fraction of sp³-hybridized carbons (Fsp3) is 1.00. The fourth-order valence-corrected chi connectivity index (χ4v) is 4.80. The Hall–Kier alpha value is -0.0400. The standard InChI is InChI=1S/C31H64O/c1-4-7-10-12-13-14-15-16-17-18-19-20-21-22-23-24-26-29-31(28-9-6-3)32-30-27-25-11-8-5-2/h31H,4-30H2,1-3H3. The first kappa shape index (κ1) is 32.0. The van der Waals surface area contributed by atoms with Crippen molar-refractivity contribution in [3.63, 3.8) is 0 Å². The molecular formula is C31H64O. The van der Waals surface area contributed by atoms with Crippen molar-refractivity contribution in [1.82, 2.24) is 0 Å². The maximum atomic E-state index is 6.25. The van der Waals surface area contributed by atoms with Gasteiger partial charge in [0.25, 0.3) is 0 Å². The van der Waals surface area contributed by atoms with E-state index in [1.165, 1.54) is 167 Å². The van der Waals surface area contributed by atoms with Crippen LogP contribution < -0.4 is 0 Å². The molecular weight excluding hydrogens is 388 g/mol. The van der Waals surface area contributed by atoms with Crippen molar-refractivity contribution < 1.29 is 4.74 Å². The zero-order valence-electron chi connectivity index (χ0n) is 23.1. The maximum Gasteiger partial charge on any atom is 0.0575 e. The van der Waals surface area contributed by atoms with Crippen LogP contribution >= 0.6 is 0 Å². The average Bonchev–Trinajstić information content (AvgIpc) is 2.81. The van der Waals surface area contributed by atoms with Crippen molar-refractivity contribution >= 4 is 0 Å². The number of unbranched alkanes of at least 4 members (excludes halogenated alkanes) is 21. The monoisotopic (exact) mass is 452 g/mol. The van der Waals surface area contributed by atoms with E-state index in [9.17, 15) is 0 Å². The third-order valence-corrected chi connectivity index (χ3v) is 7.11. The van der Waals surface area contributed by atoms with E-state index < -0.39 is 0 Å². The summed E-state index contributed by atoms with van der Waals surface area (Å²) in [4.78, 5) is 0. The molecule has 0 aromatic heterocycles. The Morgan fingerprint density at radius 3 is 1.06 bits per heavy atom. The SMILES string of the molecule is CCCCCCCCCCCCCCCCCCCC(CCCC)OCCCCCCC. The van der Waals surface area contributed by atoms with Gasteiger partial charge in [-0.25, -0.2) is 0 Å². The van der Waals surface area contributed by atoms with E-state index in [1.807, 2.05) is 0 Å². The van der Waals surface area contributed by atoms with Gasteiger partial charge in [0.15, 0.2) is 0 Å². The van der Waals surface area contributed by atoms with E-state index in [4.69, 9.17) is 4.74 Å². The molecule has 0 N–H and O–H groups in total. The van der Waals surface area contributed by atoms with Crippen molar-refractivity contribution in [2.45, 2.75) is 194 Å². The summed E-state index contributed by atoms with van der Waals surface area (Å²) in [5, 5.41) is 0. The normalized spacial score (nSPS) is 12.5. The van der Waals surface area contributed by atoms with Gasteiger partial charge in [0.2, 0.25) is 0 Å². The molecule has 0 heterocycles. The van der Waals surface area contributed by atoms with Crippen LogP contribution in [-0.4, -0.2) is 12.7 Å². The van der Waals surface area contributed by atoms with E-state index in [0.717, 1.165) is 6.61 Å². The molecule has 0 amide bonds. The van der Waals surface area contributed by atoms with E-state index in [0.29, 0.717) is 6.10 Å². The molecule has 1 unspecified atom stereocenters. The van der Waals surface area contributed by atoms with Crippen LogP contribution in [0.25, 0.3) is 0 Å². The lowest BCUT2D eigenvalue weighted by Gasteiger charge is -2.18. The molecule has 0 aliphatic heterocycles. The molecule has 0 aliphatic carbocycles. The van der Waals surface area contributed by atoms with Gasteiger partial charge in [-0.3, -0.25) is 0 Å². The van der Waals surface area contributed by atoms with Gasteiger partial charge in [-0.05, 0) is 19.3 Å². The van der Waals surface area contributed by atoms with Crippen molar-refractivity contribution in [1.29, 1.82) is 0 Å². The van der Waals surface area contributed by atoms with Crippen LogP contribution in [0.1, 0.15) is 188 Å². The van der Waals surface area contributed by atoms with Gasteiger partial charge in [0.05, 0.1) is 6.10 Å². The minimum atomic E-state index is 0.539. The third kappa shape index (κ3) is 26.2. The summed E-state index contributed by atoms with van der Waals surface area (Å²) in [6.07, 6.45) is 37.2. The van der Waals surface area contributed by atoms with Gasteiger partial charge in [-0.2, -0.15) is 0 Å². The van der Waals surface area contributed by atoms with Gasteiger partial charge >= 0.3 is 0 Å². The molecule has 0 rings (SSSR count). The van der Waals surface area contributed by atoms with Crippen molar-refractivity contribution in [2.75, 3.05) is 6.61 Å². The smallest absolute Gasteiger partial charge is 0.0575 e. The molecule has 0 aromatic carbocycles. The molecule has 1 atom stereocenters. The molecule has 0 bridgehead atoms. The lowest BCUT2D eigenvalue weighted by molar-refractivity contribution is 0.0360. The number of ether oxygens (including phenoxy) is 1. The lowest BCUT2D eigenvalue weighted by atomic mass is 10.0. The predicted octanol–water partition coefficient (Wildman–Crippen LogP) is 11.6. The van der Waals surface area contributed by atoms with Gasteiger partial charge in [-0.15, -0.1) is 0 Å². The second-order valence-corrected chi connectivity index (χ2v) is 10.5. The lowest BCUT2D eigenvalue weighted by Crippen LogP contribution is -2.14. The summed E-state index contributed by atoms with van der Waals surface area (Å²) in [5.41, 5.74) is 0. The Bertz CT molecular complexity index is 314. The van der Waals surface area contributed by atoms with Crippen molar-refractivity contribution in [2.24, 2.45) is 0 Å². The maximum absolute atomic E-state index is 6.25. The van der Waals surface area contributed by atoms with Gasteiger partial charge in [0.1, 0.15) is 0 Å². The summed E-state index contributed by atoms with van der Waals surface area (Å²) in [6.45, 7) is 7.89. The van der Waals surface area contributed by atoms with Gasteiger partial charge < -0.3 is 4.74 Å². The van der Waals surface area contributed by atoms with Crippen molar-refractivity contribution in [3.05, 3.63) is 0 Å². The largest absolute Gasteiger partial charge is 0.378 e. The summed E-state index contributed by atoms with van der Waals surface area (Å²) in [5.74, 6) is 0. The Labute approximate surface area is 205 Å². The molecule has 0 radical (unpaired) electrons. The van der Waals surface area contributed by atoms with Crippen LogP contribution in [0.15, 0.2) is 0 Å². The highest BCUT2D eigenvalue weighted by Gasteiger charge is 2.08. The molecule has 0 aromatic rings. The van der Waals surface area contributed by atoms with Crippen LogP contribution in [-0.2, 0) is 4.74 Å². The first-order valence-electron chi connectivity index (χ1n) is 15.5. The number of hydrogen-bond donors (Lipinski definition) is 0. The minimum Gasteiger partial charge on any atom is -0.378 e. The van der Waals surface area contributed by atoms with E-state index in [-0.39, 0.29) is 0 Å². The molecule has 0 saturated heterocycles. The number of hydrogen-bond acceptors (Lipinski definition) is 1. The van der Waals surface area contributed by atoms with Crippen molar-refractivity contribution in [3.8, 4) is 0 Å². The minimum absolute atomic E-state index is 0.539. The zero-order chi connectivity index (χ0) is 23.4. The van der Waals surface area contributed by atoms with Crippen LogP contribution in [0.3, 0.4) is 0 Å². The summed E-state index contributed by atoms with van der Waals surface area (Å²) < 4.78 is 6.25. The molecule has 0 aliphatic rings. The first-order chi connectivity index (χ1) is 15.8. The Morgan fingerprint density at radius 2 is 0.656 bits per heavy atom. The van der Waals surface area contributed by atoms with Crippen LogP contribution in [0.4, 0.5) is 0 Å².